The van der Waals surface area contributed by atoms with Crippen molar-refractivity contribution in [1.82, 2.24) is 14.8 Å². The second kappa shape index (κ2) is 6.63. The van der Waals surface area contributed by atoms with E-state index in [2.05, 4.69) is 64.5 Å². The number of alkyl halides is 1. The van der Waals surface area contributed by atoms with Crippen LogP contribution in [0, 0.1) is 0 Å². The summed E-state index contributed by atoms with van der Waals surface area (Å²) >= 11 is 3.54. The molecule has 2 heterocycles. The summed E-state index contributed by atoms with van der Waals surface area (Å²) in [4.78, 5) is 4.96. The second-order valence-corrected chi connectivity index (χ2v) is 7.04. The zero-order valence-corrected chi connectivity index (χ0v) is 16.1. The highest BCUT2D eigenvalue weighted by atomic mass is 79.9. The van der Waals surface area contributed by atoms with Crippen molar-refractivity contribution in [3.8, 4) is 16.9 Å². The normalized spacial score (nSPS) is 11.3. The zero-order chi connectivity index (χ0) is 18.2. The Morgan fingerprint density at radius 3 is 2.30 bits per heavy atom. The number of pyridine rings is 1. The summed E-state index contributed by atoms with van der Waals surface area (Å²) in [5, 5.41) is 7.96. The standard InChI is InChI=1S/C23H16BrN3/c24-15-16-11-12-21-18(13-16)14-20-22(17-7-3-1-4-8-17)26-27(23(20)25-21)19-9-5-2-6-10-19/h1-14H,15H2. The van der Waals surface area contributed by atoms with E-state index >= 15 is 0 Å². The molecule has 0 bridgehead atoms. The lowest BCUT2D eigenvalue weighted by Gasteiger charge is -2.04. The van der Waals surface area contributed by atoms with Crippen molar-refractivity contribution < 1.29 is 0 Å². The van der Waals surface area contributed by atoms with Crippen molar-refractivity contribution in [1.29, 1.82) is 0 Å². The van der Waals surface area contributed by atoms with Gasteiger partial charge in [-0.25, -0.2) is 9.67 Å². The minimum absolute atomic E-state index is 0.829. The molecule has 0 fully saturated rings. The van der Waals surface area contributed by atoms with E-state index in [1.807, 2.05) is 41.1 Å². The lowest BCUT2D eigenvalue weighted by molar-refractivity contribution is 0.903. The summed E-state index contributed by atoms with van der Waals surface area (Å²) in [6.07, 6.45) is 0. The van der Waals surface area contributed by atoms with Crippen molar-refractivity contribution in [2.75, 3.05) is 0 Å². The van der Waals surface area contributed by atoms with Gasteiger partial charge in [0, 0.05) is 21.7 Å². The van der Waals surface area contributed by atoms with E-state index in [1.54, 1.807) is 0 Å². The maximum atomic E-state index is 4.96. The minimum atomic E-state index is 0.829. The predicted octanol–water partition coefficient (Wildman–Crippen LogP) is 6.14. The average Bonchev–Trinajstić information content (AvgIpc) is 3.11. The molecule has 0 saturated heterocycles. The number of halogens is 1. The van der Waals surface area contributed by atoms with Crippen LogP contribution in [0.3, 0.4) is 0 Å². The molecule has 0 amide bonds. The van der Waals surface area contributed by atoms with Gasteiger partial charge in [-0.3, -0.25) is 0 Å². The van der Waals surface area contributed by atoms with E-state index in [4.69, 9.17) is 10.1 Å². The summed E-state index contributed by atoms with van der Waals surface area (Å²) in [5.41, 5.74) is 6.14. The molecule has 3 nitrogen and oxygen atoms in total. The fourth-order valence-electron chi connectivity index (χ4n) is 3.39. The molecule has 130 valence electrons. The minimum Gasteiger partial charge on any atom is -0.228 e. The van der Waals surface area contributed by atoms with Crippen LogP contribution in [0.2, 0.25) is 0 Å². The average molecular weight is 414 g/mol. The molecule has 0 aliphatic rings. The molecule has 0 radical (unpaired) electrons. The van der Waals surface area contributed by atoms with Crippen molar-refractivity contribution in [3.63, 3.8) is 0 Å². The third-order valence-corrected chi connectivity index (χ3v) is 5.36. The van der Waals surface area contributed by atoms with Crippen LogP contribution < -0.4 is 0 Å². The highest BCUT2D eigenvalue weighted by Gasteiger charge is 2.16. The monoisotopic (exact) mass is 413 g/mol. The van der Waals surface area contributed by atoms with E-state index < -0.39 is 0 Å². The van der Waals surface area contributed by atoms with Crippen molar-refractivity contribution in [3.05, 3.63) is 90.5 Å². The van der Waals surface area contributed by atoms with Gasteiger partial charge < -0.3 is 0 Å². The van der Waals surface area contributed by atoms with Crippen molar-refractivity contribution >= 4 is 37.9 Å². The Kier molecular flexibility index (Phi) is 3.98. The maximum absolute atomic E-state index is 4.96. The molecule has 0 spiro atoms. The lowest BCUT2D eigenvalue weighted by atomic mass is 10.1. The van der Waals surface area contributed by atoms with E-state index in [-0.39, 0.29) is 0 Å². The van der Waals surface area contributed by atoms with Gasteiger partial charge in [-0.05, 0) is 35.9 Å². The van der Waals surface area contributed by atoms with Gasteiger partial charge in [0.25, 0.3) is 0 Å². The van der Waals surface area contributed by atoms with E-state index in [0.717, 1.165) is 44.2 Å². The topological polar surface area (TPSA) is 30.7 Å². The fourth-order valence-corrected chi connectivity index (χ4v) is 3.74. The van der Waals surface area contributed by atoms with Crippen LogP contribution in [0.25, 0.3) is 38.9 Å². The first kappa shape index (κ1) is 16.2. The molecule has 3 aromatic carbocycles. The lowest BCUT2D eigenvalue weighted by Crippen LogP contribution is -1.97. The first-order valence-corrected chi connectivity index (χ1v) is 9.95. The van der Waals surface area contributed by atoms with Crippen LogP contribution in [0.15, 0.2) is 84.9 Å². The predicted molar refractivity (Wildman–Crippen MR) is 114 cm³/mol. The van der Waals surface area contributed by atoms with Crippen LogP contribution in [-0.2, 0) is 5.33 Å². The largest absolute Gasteiger partial charge is 0.228 e. The molecule has 5 aromatic rings. The second-order valence-electron chi connectivity index (χ2n) is 6.48. The van der Waals surface area contributed by atoms with Crippen molar-refractivity contribution in [2.45, 2.75) is 5.33 Å². The van der Waals surface area contributed by atoms with Gasteiger partial charge in [-0.15, -0.1) is 0 Å². The van der Waals surface area contributed by atoms with E-state index in [9.17, 15) is 0 Å². The van der Waals surface area contributed by atoms with Gasteiger partial charge in [0.05, 0.1) is 11.2 Å². The van der Waals surface area contributed by atoms with Crippen molar-refractivity contribution in [2.24, 2.45) is 0 Å². The number of benzene rings is 3. The first-order chi connectivity index (χ1) is 13.3. The molecule has 2 aromatic heterocycles. The molecule has 27 heavy (non-hydrogen) atoms. The summed E-state index contributed by atoms with van der Waals surface area (Å²) in [6, 6.07) is 29.0. The van der Waals surface area contributed by atoms with Gasteiger partial charge in [-0.1, -0.05) is 70.5 Å². The molecule has 0 unspecified atom stereocenters. The fraction of sp³-hybridized carbons (Fsp3) is 0.0435. The molecule has 5 rings (SSSR count). The molecule has 0 aliphatic heterocycles. The summed E-state index contributed by atoms with van der Waals surface area (Å²) in [5.74, 6) is 0. The number of para-hydroxylation sites is 1. The molecule has 0 aliphatic carbocycles. The SMILES string of the molecule is BrCc1ccc2nc3c(cc2c1)c(-c1ccccc1)nn3-c1ccccc1. The quantitative estimate of drug-likeness (QED) is 0.332. The number of hydrogen-bond donors (Lipinski definition) is 0. The van der Waals surface area contributed by atoms with Crippen LogP contribution in [0.5, 0.6) is 0 Å². The molecule has 0 N–H and O–H groups in total. The smallest absolute Gasteiger partial charge is 0.164 e. The first-order valence-electron chi connectivity index (χ1n) is 8.83. The Balaban J connectivity index is 1.86. The van der Waals surface area contributed by atoms with Crippen LogP contribution in [0.1, 0.15) is 5.56 Å². The summed E-state index contributed by atoms with van der Waals surface area (Å²) in [7, 11) is 0. The summed E-state index contributed by atoms with van der Waals surface area (Å²) < 4.78 is 1.94. The molecule has 0 saturated carbocycles. The van der Waals surface area contributed by atoms with Gasteiger partial charge in [0.15, 0.2) is 5.65 Å². The van der Waals surface area contributed by atoms with Gasteiger partial charge in [0.2, 0.25) is 0 Å². The number of hydrogen-bond acceptors (Lipinski definition) is 2. The van der Waals surface area contributed by atoms with Gasteiger partial charge in [0.1, 0.15) is 5.69 Å². The Morgan fingerprint density at radius 2 is 1.56 bits per heavy atom. The molecular formula is C23H16BrN3. The number of fused-ring (bicyclic) bond motifs is 2. The van der Waals surface area contributed by atoms with E-state index in [0.29, 0.717) is 0 Å². The van der Waals surface area contributed by atoms with Crippen LogP contribution >= 0.6 is 15.9 Å². The number of aromatic nitrogens is 3. The Hall–Kier alpha value is -2.98. The molecule has 4 heteroatoms. The number of nitrogens with zero attached hydrogens (tertiary/aromatic N) is 3. The highest BCUT2D eigenvalue weighted by molar-refractivity contribution is 9.08. The highest BCUT2D eigenvalue weighted by Crippen LogP contribution is 2.31. The molecule has 0 atom stereocenters. The number of rotatable bonds is 3. The van der Waals surface area contributed by atoms with E-state index in [1.165, 1.54) is 5.56 Å². The summed E-state index contributed by atoms with van der Waals surface area (Å²) in [6.45, 7) is 0. The Labute approximate surface area is 165 Å². The molecular weight excluding hydrogens is 398 g/mol. The van der Waals surface area contributed by atoms with Gasteiger partial charge >= 0.3 is 0 Å². The Bertz CT molecular complexity index is 1240. The Morgan fingerprint density at radius 1 is 0.815 bits per heavy atom. The third-order valence-electron chi connectivity index (χ3n) is 4.72. The third kappa shape index (κ3) is 2.82. The zero-order valence-electron chi connectivity index (χ0n) is 14.5. The van der Waals surface area contributed by atoms with Gasteiger partial charge in [-0.2, -0.15) is 5.10 Å². The van der Waals surface area contributed by atoms with Crippen LogP contribution in [-0.4, -0.2) is 14.8 Å². The maximum Gasteiger partial charge on any atom is 0.164 e. The van der Waals surface area contributed by atoms with Crippen LogP contribution in [0.4, 0.5) is 0 Å².